The van der Waals surface area contributed by atoms with Gasteiger partial charge in [0.1, 0.15) is 36.0 Å². The third-order valence-electron chi connectivity index (χ3n) is 13.3. The zero-order chi connectivity index (χ0) is 51.4. The first-order valence-electron chi connectivity index (χ1n) is 23.8. The van der Waals surface area contributed by atoms with Gasteiger partial charge >= 0.3 is 6.18 Å². The monoisotopic (exact) mass is 1020 g/mol. The van der Waals surface area contributed by atoms with Crippen molar-refractivity contribution in [1.82, 2.24) is 25.5 Å². The van der Waals surface area contributed by atoms with E-state index in [-0.39, 0.29) is 29.2 Å². The zero-order valence-electron chi connectivity index (χ0n) is 40.4. The number of aromatic nitrogens is 2. The molecule has 3 aliphatic rings. The highest BCUT2D eigenvalue weighted by molar-refractivity contribution is 7.81. The number of benzene rings is 3. The van der Waals surface area contributed by atoms with E-state index in [1.165, 1.54) is 6.07 Å². The van der Waals surface area contributed by atoms with Crippen LogP contribution in [-0.2, 0) is 36.6 Å². The number of halogens is 3. The van der Waals surface area contributed by atoms with Crippen LogP contribution in [0.4, 0.5) is 24.5 Å². The molecule has 1 aliphatic carbocycles. The second kappa shape index (κ2) is 21.5. The van der Waals surface area contributed by atoms with Crippen LogP contribution in [0.3, 0.4) is 0 Å². The summed E-state index contributed by atoms with van der Waals surface area (Å²) < 4.78 is 53.0. The van der Waals surface area contributed by atoms with Crippen LogP contribution in [0.1, 0.15) is 88.2 Å². The van der Waals surface area contributed by atoms with Gasteiger partial charge in [0.15, 0.2) is 10.8 Å². The SMILES string of the molecule is Cc1ncsc1-c1ccc(CNC(=O)[C@@H]2CCCN2C(=O)C(NC(=O)COCCCCOc2ccc(-c3ccc(N4C(=S)N(c5cnc(C#N)c(C(F)(F)F)c5)C(=O)C45CCC5)cc3)cc2)C(C)(C)C)cc1. The van der Waals surface area contributed by atoms with Crippen LogP contribution in [-0.4, -0.2) is 87.6 Å². The van der Waals surface area contributed by atoms with Crippen molar-refractivity contribution in [2.75, 3.05) is 36.2 Å². The van der Waals surface area contributed by atoms with Gasteiger partial charge < -0.3 is 29.9 Å². The Balaban J connectivity index is 0.766. The molecule has 0 bridgehead atoms. The Kier molecular flexibility index (Phi) is 15.4. The number of nitrogens with one attached hydrogen (secondary N) is 2. The summed E-state index contributed by atoms with van der Waals surface area (Å²) in [7, 11) is 0. The molecule has 3 fully saturated rings. The molecule has 2 N–H and O–H groups in total. The molecule has 19 heteroatoms. The molecule has 0 radical (unpaired) electrons. The van der Waals surface area contributed by atoms with Crippen molar-refractivity contribution >= 4 is 63.7 Å². The Morgan fingerprint density at radius 1 is 0.931 bits per heavy atom. The Bertz CT molecular complexity index is 2860. The standard InChI is InChI=1S/C53H55F3N8O6S2/c1-33-45(72-32-60-33)37-12-10-34(11-13-37)29-59-47(66)43-9-7-24-62(43)48(67)46(51(2,3)4)61-44(65)31-69-25-5-6-26-70-40-20-16-36(17-21-40)35-14-18-38(19-15-35)64-50(71)63(49(68)52(64)22-8-23-52)39-27-41(53(54,55)56)42(28-57)58-30-39/h10-21,27,30,32,43,46H,5-9,22-26,29,31H2,1-4H3,(H,59,66)(H,61,65)/t43-,46?/m0/s1. The fourth-order valence-corrected chi connectivity index (χ4v) is 10.6. The molecule has 4 heterocycles. The average molecular weight is 1020 g/mol. The van der Waals surface area contributed by atoms with E-state index in [1.54, 1.807) is 21.1 Å². The molecule has 1 saturated carbocycles. The molecule has 8 rings (SSSR count). The van der Waals surface area contributed by atoms with Gasteiger partial charge in [-0.1, -0.05) is 69.3 Å². The fourth-order valence-electron chi connectivity index (χ4n) is 9.28. The predicted molar refractivity (Wildman–Crippen MR) is 271 cm³/mol. The van der Waals surface area contributed by atoms with Gasteiger partial charge in [-0.15, -0.1) is 11.3 Å². The number of hydrogen-bond donors (Lipinski definition) is 2. The first kappa shape index (κ1) is 51.6. The van der Waals surface area contributed by atoms with Crippen molar-refractivity contribution in [3.05, 3.63) is 113 Å². The molecule has 376 valence electrons. The quantitative estimate of drug-likeness (QED) is 0.0673. The fraction of sp³-hybridized carbons (Fsp3) is 0.396. The molecule has 5 aromatic rings. The summed E-state index contributed by atoms with van der Waals surface area (Å²) in [6.45, 7) is 8.86. The topological polar surface area (TPSA) is 170 Å². The Hall–Kier alpha value is -6.75. The van der Waals surface area contributed by atoms with Crippen molar-refractivity contribution < 1.29 is 41.8 Å². The number of likely N-dealkylation sites (tertiary alicyclic amines) is 1. The van der Waals surface area contributed by atoms with Gasteiger partial charge in [-0.2, -0.15) is 18.4 Å². The molecule has 2 aromatic heterocycles. The predicted octanol–water partition coefficient (Wildman–Crippen LogP) is 9.15. The largest absolute Gasteiger partial charge is 0.494 e. The lowest BCUT2D eigenvalue weighted by Gasteiger charge is -2.43. The van der Waals surface area contributed by atoms with Gasteiger partial charge in [0, 0.05) is 25.4 Å². The number of unbranched alkanes of at least 4 members (excludes halogenated alkanes) is 1. The highest BCUT2D eigenvalue weighted by Gasteiger charge is 2.60. The number of nitrogens with zero attached hydrogens (tertiary/aromatic N) is 6. The number of alkyl halides is 3. The maximum absolute atomic E-state index is 14.0. The normalized spacial score (nSPS) is 16.9. The number of thiocarbonyl (C=S) groups is 1. The van der Waals surface area contributed by atoms with Gasteiger partial charge in [0.05, 0.1) is 40.1 Å². The van der Waals surface area contributed by atoms with Gasteiger partial charge in [-0.05, 0) is 122 Å². The molecule has 2 saturated heterocycles. The van der Waals surface area contributed by atoms with Crippen molar-refractivity contribution in [3.63, 3.8) is 0 Å². The van der Waals surface area contributed by atoms with E-state index in [2.05, 4.69) is 20.6 Å². The maximum Gasteiger partial charge on any atom is 0.419 e. The number of aryl methyl sites for hydroxylation is 1. The third-order valence-corrected chi connectivity index (χ3v) is 14.7. The minimum absolute atomic E-state index is 0.0388. The second-order valence-corrected chi connectivity index (χ2v) is 20.5. The van der Waals surface area contributed by atoms with Crippen molar-refractivity contribution in [2.24, 2.45) is 5.41 Å². The lowest BCUT2D eigenvalue weighted by Crippen LogP contribution is -2.58. The Morgan fingerprint density at radius 3 is 2.21 bits per heavy atom. The number of ether oxygens (including phenoxy) is 2. The van der Waals surface area contributed by atoms with E-state index >= 15 is 0 Å². The second-order valence-electron chi connectivity index (χ2n) is 19.3. The molecule has 2 aliphatic heterocycles. The first-order chi connectivity index (χ1) is 34.4. The molecule has 3 aromatic carbocycles. The van der Waals surface area contributed by atoms with Crippen LogP contribution in [0, 0.1) is 23.7 Å². The van der Waals surface area contributed by atoms with E-state index in [1.807, 2.05) is 106 Å². The molecule has 1 unspecified atom stereocenters. The Morgan fingerprint density at radius 2 is 1.60 bits per heavy atom. The molecule has 2 atom stereocenters. The Labute approximate surface area is 425 Å². The maximum atomic E-state index is 14.0. The molecular formula is C53H55F3N8O6S2. The summed E-state index contributed by atoms with van der Waals surface area (Å²) in [5, 5.41) is 15.1. The van der Waals surface area contributed by atoms with Gasteiger partial charge in [0.25, 0.3) is 5.91 Å². The lowest BCUT2D eigenvalue weighted by atomic mass is 9.75. The van der Waals surface area contributed by atoms with Crippen LogP contribution in [0.15, 0.2) is 90.6 Å². The summed E-state index contributed by atoms with van der Waals surface area (Å²) in [5.41, 5.74) is 3.39. The highest BCUT2D eigenvalue weighted by atomic mass is 32.1. The van der Waals surface area contributed by atoms with Gasteiger partial charge in [-0.3, -0.25) is 24.1 Å². The van der Waals surface area contributed by atoms with Crippen LogP contribution in [0.2, 0.25) is 0 Å². The van der Waals surface area contributed by atoms with Crippen LogP contribution < -0.4 is 25.2 Å². The number of anilines is 2. The first-order valence-corrected chi connectivity index (χ1v) is 25.1. The molecule has 4 amide bonds. The van der Waals surface area contributed by atoms with Gasteiger partial charge in [-0.25, -0.2) is 9.97 Å². The van der Waals surface area contributed by atoms with E-state index in [4.69, 9.17) is 21.7 Å². The number of rotatable bonds is 17. The average Bonchev–Trinajstić information content (AvgIpc) is 4.08. The van der Waals surface area contributed by atoms with Crippen LogP contribution in [0.5, 0.6) is 5.75 Å². The van der Waals surface area contributed by atoms with E-state index < -0.39 is 52.3 Å². The number of carbonyl (C=O) groups excluding carboxylic acids is 4. The number of hydrogen-bond acceptors (Lipinski definition) is 11. The summed E-state index contributed by atoms with van der Waals surface area (Å²) in [5.74, 6) is -0.704. The molecule has 72 heavy (non-hydrogen) atoms. The number of amides is 4. The van der Waals surface area contributed by atoms with E-state index in [0.717, 1.165) is 56.4 Å². The summed E-state index contributed by atoms with van der Waals surface area (Å²) in [4.78, 5) is 67.9. The van der Waals surface area contributed by atoms with Crippen LogP contribution >= 0.6 is 23.6 Å². The minimum Gasteiger partial charge on any atom is -0.494 e. The summed E-state index contributed by atoms with van der Waals surface area (Å²) in [6.07, 6.45) is 0.433. The number of nitriles is 1. The number of pyridine rings is 1. The van der Waals surface area contributed by atoms with E-state index in [0.29, 0.717) is 76.3 Å². The molecular weight excluding hydrogens is 966 g/mol. The third kappa shape index (κ3) is 11.0. The van der Waals surface area contributed by atoms with Crippen molar-refractivity contribution in [3.8, 4) is 33.4 Å². The van der Waals surface area contributed by atoms with Crippen LogP contribution in [0.25, 0.3) is 21.6 Å². The minimum atomic E-state index is -4.85. The highest BCUT2D eigenvalue weighted by Crippen LogP contribution is 2.48. The number of thiazole rings is 1. The summed E-state index contributed by atoms with van der Waals surface area (Å²) in [6, 6.07) is 23.7. The summed E-state index contributed by atoms with van der Waals surface area (Å²) >= 11 is 7.33. The number of carbonyl (C=O) groups is 4. The van der Waals surface area contributed by atoms with Crippen molar-refractivity contribution in [1.29, 1.82) is 5.26 Å². The molecule has 1 spiro atoms. The van der Waals surface area contributed by atoms with E-state index in [9.17, 15) is 37.6 Å². The lowest BCUT2D eigenvalue weighted by molar-refractivity contribution is -0.144. The smallest absolute Gasteiger partial charge is 0.419 e. The van der Waals surface area contributed by atoms with Gasteiger partial charge in [0.2, 0.25) is 17.7 Å². The molecule has 14 nitrogen and oxygen atoms in total. The zero-order valence-corrected chi connectivity index (χ0v) is 42.0. The van der Waals surface area contributed by atoms with Crippen molar-refractivity contribution in [2.45, 2.75) is 103 Å².